The monoisotopic (exact) mass is 205 g/mol. The molecule has 0 unspecified atom stereocenters. The van der Waals surface area contributed by atoms with E-state index in [1.165, 1.54) is 30.9 Å². The number of aromatic nitrogens is 1. The number of nitrogens with zero attached hydrogens (tertiary/aromatic N) is 2. The highest BCUT2D eigenvalue weighted by molar-refractivity contribution is 5.22. The van der Waals surface area contributed by atoms with Crippen molar-refractivity contribution in [2.45, 2.75) is 37.3 Å². The molecule has 0 amide bonds. The Hall–Kier alpha value is -0.960. The summed E-state index contributed by atoms with van der Waals surface area (Å²) in [5, 5.41) is 0. The summed E-state index contributed by atoms with van der Waals surface area (Å²) < 4.78 is 12.7. The summed E-state index contributed by atoms with van der Waals surface area (Å²) in [6.45, 7) is 0. The Balaban J connectivity index is 1.87. The molecule has 0 radical (unpaired) electrons. The van der Waals surface area contributed by atoms with E-state index in [-0.39, 0.29) is 5.95 Å². The normalized spacial score (nSPS) is 34.9. The van der Waals surface area contributed by atoms with Gasteiger partial charge in [-0.15, -0.1) is 0 Å². The lowest BCUT2D eigenvalue weighted by molar-refractivity contribution is 0.307. The van der Waals surface area contributed by atoms with Crippen LogP contribution in [0.4, 0.5) is 4.39 Å². The van der Waals surface area contributed by atoms with Crippen molar-refractivity contribution in [3.8, 4) is 0 Å². The molecule has 2 aliphatic rings. The molecule has 3 heteroatoms. The number of likely N-dealkylation sites (N-methyl/N-ethyl adjacent to an activating group) is 1. The third kappa shape index (κ3) is 1.37. The van der Waals surface area contributed by atoms with E-state index in [9.17, 15) is 4.39 Å². The highest BCUT2D eigenvalue weighted by atomic mass is 18.2. The largest absolute Gasteiger partial charge is 0.300 e. The van der Waals surface area contributed by atoms with Gasteiger partial charge in [-0.25, -0.2) is 4.98 Å². The van der Waals surface area contributed by atoms with Crippen molar-refractivity contribution in [1.29, 1.82) is 0 Å². The maximum absolute atomic E-state index is 12.7. The van der Waals surface area contributed by atoms with Crippen LogP contribution >= 0.6 is 0 Å². The van der Waals surface area contributed by atoms with Crippen molar-refractivity contribution in [3.63, 3.8) is 0 Å². The first-order chi connectivity index (χ1) is 7.25. The summed E-state index contributed by atoms with van der Waals surface area (Å²) in [6.07, 6.45) is 5.53. The van der Waals surface area contributed by atoms with Gasteiger partial charge in [0.25, 0.3) is 0 Å². The molecule has 2 bridgehead atoms. The van der Waals surface area contributed by atoms with E-state index >= 15 is 0 Å². The fraction of sp³-hybridized carbons (Fsp3) is 0.583. The van der Waals surface area contributed by atoms with E-state index in [1.807, 2.05) is 6.07 Å². The summed E-state index contributed by atoms with van der Waals surface area (Å²) in [6, 6.07) is 4.76. The molecular weight excluding hydrogens is 190 g/mol. The second-order valence-corrected chi connectivity index (χ2v) is 4.72. The van der Waals surface area contributed by atoms with E-state index < -0.39 is 0 Å². The maximum Gasteiger partial charge on any atom is 0.212 e. The molecule has 2 fully saturated rings. The molecule has 0 N–H and O–H groups in total. The van der Waals surface area contributed by atoms with Gasteiger partial charge in [0.05, 0.1) is 0 Å². The molecule has 3 rings (SSSR count). The minimum Gasteiger partial charge on any atom is -0.300 e. The maximum atomic E-state index is 12.7. The van der Waals surface area contributed by atoms with Gasteiger partial charge >= 0.3 is 0 Å². The summed E-state index contributed by atoms with van der Waals surface area (Å²) in [5.74, 6) is 0.192. The highest BCUT2D eigenvalue weighted by Crippen LogP contribution is 2.45. The van der Waals surface area contributed by atoms with Crippen molar-refractivity contribution < 1.29 is 4.39 Å². The van der Waals surface area contributed by atoms with E-state index in [0.717, 1.165) is 6.04 Å². The van der Waals surface area contributed by atoms with Gasteiger partial charge in [0.15, 0.2) is 0 Å². The fourth-order valence-corrected chi connectivity index (χ4v) is 3.23. The minimum atomic E-state index is -0.379. The first kappa shape index (κ1) is 9.28. The lowest BCUT2D eigenvalue weighted by atomic mass is 9.85. The van der Waals surface area contributed by atoms with E-state index in [1.54, 1.807) is 6.20 Å². The van der Waals surface area contributed by atoms with Crippen molar-refractivity contribution in [2.75, 3.05) is 7.05 Å². The van der Waals surface area contributed by atoms with Gasteiger partial charge in [0, 0.05) is 24.2 Å². The Labute approximate surface area is 89.1 Å². The van der Waals surface area contributed by atoms with Gasteiger partial charge in [0.1, 0.15) is 0 Å². The zero-order valence-electron chi connectivity index (χ0n) is 8.86. The van der Waals surface area contributed by atoms with Gasteiger partial charge in [-0.2, -0.15) is 4.39 Å². The Morgan fingerprint density at radius 3 is 2.80 bits per heavy atom. The molecule has 80 valence electrons. The van der Waals surface area contributed by atoms with Crippen LogP contribution in [0.15, 0.2) is 18.3 Å². The van der Waals surface area contributed by atoms with E-state index in [2.05, 4.69) is 16.9 Å². The molecule has 3 atom stereocenters. The first-order valence-corrected chi connectivity index (χ1v) is 5.59. The summed E-state index contributed by atoms with van der Waals surface area (Å²) in [4.78, 5) is 6.23. The van der Waals surface area contributed by atoms with E-state index in [4.69, 9.17) is 0 Å². The van der Waals surface area contributed by atoms with Crippen molar-refractivity contribution in [2.24, 2.45) is 0 Å². The lowest BCUT2D eigenvalue weighted by Crippen LogP contribution is -2.25. The average molecular weight is 205 g/mol. The van der Waals surface area contributed by atoms with Crippen LogP contribution < -0.4 is 0 Å². The molecule has 1 aromatic rings. The highest BCUT2D eigenvalue weighted by Gasteiger charge is 2.44. The topological polar surface area (TPSA) is 16.1 Å². The van der Waals surface area contributed by atoms with Crippen LogP contribution in [0.2, 0.25) is 0 Å². The molecular formula is C12H15FN2. The molecule has 2 nitrogen and oxygen atoms in total. The van der Waals surface area contributed by atoms with Crippen molar-refractivity contribution >= 4 is 0 Å². The number of hydrogen-bond acceptors (Lipinski definition) is 2. The summed E-state index contributed by atoms with van der Waals surface area (Å²) >= 11 is 0. The van der Waals surface area contributed by atoms with Crippen LogP contribution in [0, 0.1) is 5.95 Å². The summed E-state index contributed by atoms with van der Waals surface area (Å²) in [5.41, 5.74) is 1.20. The fourth-order valence-electron chi connectivity index (χ4n) is 3.23. The third-order valence-corrected chi connectivity index (χ3v) is 4.06. The zero-order valence-corrected chi connectivity index (χ0v) is 8.86. The van der Waals surface area contributed by atoms with E-state index in [0.29, 0.717) is 12.0 Å². The van der Waals surface area contributed by atoms with Crippen LogP contribution in [0.1, 0.15) is 30.7 Å². The third-order valence-electron chi connectivity index (χ3n) is 4.06. The van der Waals surface area contributed by atoms with Crippen LogP contribution in [-0.4, -0.2) is 29.0 Å². The second-order valence-electron chi connectivity index (χ2n) is 4.72. The molecule has 2 aliphatic heterocycles. The number of rotatable bonds is 1. The number of pyridine rings is 1. The van der Waals surface area contributed by atoms with Gasteiger partial charge in [0.2, 0.25) is 5.95 Å². The predicted octanol–water partition coefficient (Wildman–Crippen LogP) is 2.17. The number of hydrogen-bond donors (Lipinski definition) is 0. The molecule has 15 heavy (non-hydrogen) atoms. The molecule has 0 saturated carbocycles. The first-order valence-electron chi connectivity index (χ1n) is 5.59. The minimum absolute atomic E-state index is 0.379. The molecule has 2 saturated heterocycles. The molecule has 0 aromatic carbocycles. The SMILES string of the molecule is CN1[C@H]2CC[C@@H]1[C@@H](c1ccc([18F])nc1)C2. The smallest absolute Gasteiger partial charge is 0.212 e. The Bertz CT molecular complexity index is 362. The standard InChI is InChI=1S/C12H15FN2/c1-15-9-3-4-11(15)10(6-9)8-2-5-12(13)14-7-8/h2,5,7,9-11H,3-4,6H2,1H3/t9-,10+,11+/m0/s1/i13-1. The number of fused-ring (bicyclic) bond motifs is 2. The predicted molar refractivity (Wildman–Crippen MR) is 56.1 cm³/mol. The second kappa shape index (κ2) is 3.27. The number of halogens is 1. The molecule has 0 aliphatic carbocycles. The molecule has 0 spiro atoms. The molecule has 1 aromatic heterocycles. The Kier molecular flexibility index (Phi) is 2.02. The van der Waals surface area contributed by atoms with Crippen molar-refractivity contribution in [3.05, 3.63) is 29.8 Å². The van der Waals surface area contributed by atoms with Crippen LogP contribution in [-0.2, 0) is 0 Å². The van der Waals surface area contributed by atoms with Gasteiger partial charge in [-0.3, -0.25) is 4.90 Å². The van der Waals surface area contributed by atoms with Crippen LogP contribution in [0.5, 0.6) is 0 Å². The van der Waals surface area contributed by atoms with Crippen LogP contribution in [0.3, 0.4) is 0 Å². The lowest BCUT2D eigenvalue weighted by Gasteiger charge is -2.21. The van der Waals surface area contributed by atoms with Gasteiger partial charge in [-0.1, -0.05) is 6.07 Å². The van der Waals surface area contributed by atoms with Gasteiger partial charge in [-0.05, 0) is 37.9 Å². The zero-order chi connectivity index (χ0) is 10.4. The summed E-state index contributed by atoms with van der Waals surface area (Å²) in [7, 11) is 2.21. The Morgan fingerprint density at radius 2 is 2.27 bits per heavy atom. The van der Waals surface area contributed by atoms with Gasteiger partial charge < -0.3 is 0 Å². The average Bonchev–Trinajstić information content (AvgIpc) is 2.75. The molecule has 3 heterocycles. The Morgan fingerprint density at radius 1 is 1.40 bits per heavy atom. The van der Waals surface area contributed by atoms with Crippen molar-refractivity contribution in [1.82, 2.24) is 9.88 Å². The van der Waals surface area contributed by atoms with Crippen LogP contribution in [0.25, 0.3) is 0 Å². The quantitative estimate of drug-likeness (QED) is 0.653.